The van der Waals surface area contributed by atoms with Crippen LogP contribution in [0.3, 0.4) is 0 Å². The van der Waals surface area contributed by atoms with Crippen molar-refractivity contribution < 1.29 is 17.1 Å². The van der Waals surface area contributed by atoms with Crippen LogP contribution in [0.15, 0.2) is 24.3 Å². The van der Waals surface area contributed by atoms with Gasteiger partial charge in [0.15, 0.2) is 0 Å². The van der Waals surface area contributed by atoms with Crippen LogP contribution in [-0.2, 0) is 12.3 Å². The second kappa shape index (κ2) is 7.40. The first-order valence-corrected chi connectivity index (χ1v) is 20.0. The second-order valence-corrected chi connectivity index (χ2v) is 21.9. The van der Waals surface area contributed by atoms with Gasteiger partial charge in [-0.1, -0.05) is 24.3 Å². The Kier molecular flexibility index (Phi) is 4.83. The fourth-order valence-corrected chi connectivity index (χ4v) is 22.6. The van der Waals surface area contributed by atoms with Crippen molar-refractivity contribution in [1.29, 1.82) is 0 Å². The van der Waals surface area contributed by atoms with Crippen LogP contribution in [0.4, 0.5) is 0 Å². The minimum absolute atomic E-state index is 0.0556. The van der Waals surface area contributed by atoms with Gasteiger partial charge >= 0.3 is 27.1 Å². The zero-order chi connectivity index (χ0) is 23.0. The predicted octanol–water partition coefficient (Wildman–Crippen LogP) is 4.49. The van der Waals surface area contributed by atoms with E-state index in [-0.39, 0.29) is 10.0 Å². The molecule has 0 spiro atoms. The summed E-state index contributed by atoms with van der Waals surface area (Å²) in [5, 5.41) is 0. The molecule has 0 heterocycles. The van der Waals surface area contributed by atoms with Gasteiger partial charge in [-0.15, -0.1) is 0 Å². The molecule has 1 N–H and O–H groups in total. The molecular formula is C26H37O4Si4. The van der Waals surface area contributed by atoms with Crippen molar-refractivity contribution in [3.63, 3.8) is 0 Å². The number of allylic oxidation sites excluding steroid dienone is 4. The number of hydrogen-bond acceptors (Lipinski definition) is 4. The lowest BCUT2D eigenvalue weighted by atomic mass is 9.73. The Bertz CT molecular complexity index is 942. The highest BCUT2D eigenvalue weighted by Crippen LogP contribution is 2.72. The van der Waals surface area contributed by atoms with Crippen LogP contribution in [0.25, 0.3) is 0 Å². The summed E-state index contributed by atoms with van der Waals surface area (Å²) in [6.07, 6.45) is 18.0. The first kappa shape index (κ1) is 22.2. The van der Waals surface area contributed by atoms with E-state index in [1.165, 1.54) is 38.5 Å². The fraction of sp³-hybridized carbons (Fsp3) is 0.846. The van der Waals surface area contributed by atoms with E-state index in [2.05, 4.69) is 47.9 Å². The smallest absolute Gasteiger partial charge is 0.411 e. The van der Waals surface area contributed by atoms with E-state index in [0.29, 0.717) is 17.0 Å². The highest BCUT2D eigenvalue weighted by atomic mass is 28.5. The highest BCUT2D eigenvalue weighted by Gasteiger charge is 2.69. The molecule has 0 aliphatic heterocycles. The molecule has 16 atom stereocenters. The van der Waals surface area contributed by atoms with Crippen molar-refractivity contribution in [3.8, 4) is 0 Å². The van der Waals surface area contributed by atoms with Crippen molar-refractivity contribution >= 4 is 37.6 Å². The van der Waals surface area contributed by atoms with Crippen molar-refractivity contribution in [2.45, 2.75) is 62.7 Å². The van der Waals surface area contributed by atoms with Gasteiger partial charge in [0.05, 0.1) is 0 Å². The van der Waals surface area contributed by atoms with E-state index in [1.54, 1.807) is 0 Å². The van der Waals surface area contributed by atoms with Gasteiger partial charge in [0.1, 0.15) is 0 Å². The molecule has 8 aliphatic carbocycles. The second-order valence-electron chi connectivity index (χ2n) is 13.7. The monoisotopic (exact) mass is 525 g/mol. The van der Waals surface area contributed by atoms with Gasteiger partial charge in [-0.25, -0.2) is 0 Å². The Balaban J connectivity index is 1.06. The maximum absolute atomic E-state index is 12.2. The van der Waals surface area contributed by atoms with Crippen molar-refractivity contribution in [1.82, 2.24) is 0 Å². The van der Waals surface area contributed by atoms with Crippen LogP contribution in [0.1, 0.15) is 38.5 Å². The quantitative estimate of drug-likeness (QED) is 0.302. The summed E-state index contributed by atoms with van der Waals surface area (Å²) in [7, 11) is -2.41. The summed E-state index contributed by atoms with van der Waals surface area (Å²) >= 11 is 0. The van der Waals surface area contributed by atoms with Crippen LogP contribution in [0, 0.1) is 71.0 Å². The van der Waals surface area contributed by atoms with Gasteiger partial charge in [0.25, 0.3) is 0 Å². The molecule has 0 saturated heterocycles. The van der Waals surface area contributed by atoms with Crippen LogP contribution < -0.4 is 0 Å². The SMILES string of the molecule is C[Si](O)(O[Si](C)(O[Si]O[Si])C1CC2CC1C1C3C=CC(C3)C21)C1CC2CC1C1C3C=CC(C3)C21. The number of rotatable bonds is 7. The third-order valence-corrected chi connectivity index (χ3v) is 22.2. The molecule has 8 heteroatoms. The largest absolute Gasteiger partial charge is 0.435 e. The third kappa shape index (κ3) is 2.83. The summed E-state index contributed by atoms with van der Waals surface area (Å²) in [5.41, 5.74) is 0.878. The summed E-state index contributed by atoms with van der Waals surface area (Å²) in [6.45, 7) is 4.41. The van der Waals surface area contributed by atoms with Crippen LogP contribution in [0.5, 0.6) is 0 Å². The fourth-order valence-electron chi connectivity index (χ4n) is 12.0. The van der Waals surface area contributed by atoms with E-state index >= 15 is 0 Å². The highest BCUT2D eigenvalue weighted by molar-refractivity contribution is 6.82. The van der Waals surface area contributed by atoms with Gasteiger partial charge in [0.2, 0.25) is 10.5 Å². The van der Waals surface area contributed by atoms with Gasteiger partial charge < -0.3 is 17.1 Å². The maximum Gasteiger partial charge on any atom is 0.411 e. The molecule has 34 heavy (non-hydrogen) atoms. The third-order valence-electron chi connectivity index (χ3n) is 12.6. The molecule has 0 aromatic rings. The lowest BCUT2D eigenvalue weighted by Crippen LogP contribution is -2.59. The molecule has 8 rings (SSSR count). The van der Waals surface area contributed by atoms with E-state index < -0.39 is 17.1 Å². The molecule has 8 bridgehead atoms. The Labute approximate surface area is 212 Å². The topological polar surface area (TPSA) is 47.9 Å². The molecule has 6 fully saturated rings. The van der Waals surface area contributed by atoms with Crippen molar-refractivity contribution in [2.75, 3.05) is 0 Å². The normalized spacial score (nSPS) is 58.0. The van der Waals surface area contributed by atoms with E-state index in [0.717, 1.165) is 65.1 Å². The summed E-state index contributed by atoms with van der Waals surface area (Å²) in [5.74, 6) is 9.72. The number of fused-ring (bicyclic) bond motifs is 18. The molecule has 6 saturated carbocycles. The molecule has 181 valence electrons. The van der Waals surface area contributed by atoms with Crippen molar-refractivity contribution in [3.05, 3.63) is 24.3 Å². The Hall–Kier alpha value is 0.188. The summed E-state index contributed by atoms with van der Waals surface area (Å²) in [6, 6.07) is 0. The zero-order valence-corrected chi connectivity index (χ0v) is 24.3. The number of hydrogen-bond donors (Lipinski definition) is 1. The van der Waals surface area contributed by atoms with Crippen molar-refractivity contribution in [2.24, 2.45) is 71.0 Å². The van der Waals surface area contributed by atoms with Crippen LogP contribution in [0.2, 0.25) is 24.2 Å². The van der Waals surface area contributed by atoms with Crippen LogP contribution in [-0.4, -0.2) is 42.4 Å². The molecule has 0 amide bonds. The molecule has 8 aliphatic rings. The summed E-state index contributed by atoms with van der Waals surface area (Å²) in [4.78, 5) is 12.2. The van der Waals surface area contributed by atoms with E-state index in [4.69, 9.17) is 12.3 Å². The van der Waals surface area contributed by atoms with Gasteiger partial charge in [0, 0.05) is 11.1 Å². The predicted molar refractivity (Wildman–Crippen MR) is 136 cm³/mol. The average Bonchev–Trinajstić information content (AvgIpc) is 3.64. The van der Waals surface area contributed by atoms with E-state index in [1.807, 2.05) is 0 Å². The van der Waals surface area contributed by atoms with Gasteiger partial charge in [-0.2, -0.15) is 0 Å². The Morgan fingerprint density at radius 3 is 1.79 bits per heavy atom. The van der Waals surface area contributed by atoms with Gasteiger partial charge in [-0.05, 0) is 123 Å². The molecule has 16 unspecified atom stereocenters. The minimum atomic E-state index is -2.91. The van der Waals surface area contributed by atoms with Gasteiger partial charge in [-0.3, -0.25) is 0 Å². The average molecular weight is 526 g/mol. The molecule has 0 aromatic heterocycles. The summed E-state index contributed by atoms with van der Waals surface area (Å²) < 4.78 is 19.0. The lowest BCUT2D eigenvalue weighted by Gasteiger charge is -2.48. The van der Waals surface area contributed by atoms with Crippen LogP contribution >= 0.6 is 0 Å². The Morgan fingerprint density at radius 1 is 0.735 bits per heavy atom. The molecular weight excluding hydrogens is 489 g/mol. The Morgan fingerprint density at radius 2 is 1.24 bits per heavy atom. The first-order chi connectivity index (χ1) is 16.4. The molecule has 5 radical (unpaired) electrons. The first-order valence-electron chi connectivity index (χ1n) is 13.9. The van der Waals surface area contributed by atoms with E-state index in [9.17, 15) is 4.80 Å². The molecule has 0 aromatic carbocycles. The zero-order valence-electron chi connectivity index (χ0n) is 20.3. The maximum atomic E-state index is 12.2. The lowest BCUT2D eigenvalue weighted by molar-refractivity contribution is 0.165. The molecule has 4 nitrogen and oxygen atoms in total. The standard InChI is InChI=1S/C26H37O4Si4/c1-33(27,21-11-17-9-19(21)25-15-5-3-13(7-15)23(17)25)30-34(2,29-32-28-31)22-12-18-10-20(22)26-16-6-4-14(8-16)24(18)26/h3-6,13-27H,7-12H2,1-2H3. The minimum Gasteiger partial charge on any atom is -0.435 e.